The van der Waals surface area contributed by atoms with Crippen LogP contribution in [0.1, 0.15) is 12.5 Å². The van der Waals surface area contributed by atoms with Gasteiger partial charge in [-0.2, -0.15) is 5.10 Å². The van der Waals surface area contributed by atoms with Crippen molar-refractivity contribution in [2.45, 2.75) is 12.1 Å². The van der Waals surface area contributed by atoms with Crippen molar-refractivity contribution in [1.29, 1.82) is 0 Å². The number of nitrogens with one attached hydrogen (secondary N) is 1. The molecule has 0 unspecified atom stereocenters. The van der Waals surface area contributed by atoms with Crippen molar-refractivity contribution in [2.24, 2.45) is 5.10 Å². The van der Waals surface area contributed by atoms with Crippen LogP contribution in [0.2, 0.25) is 5.02 Å². The van der Waals surface area contributed by atoms with E-state index in [0.717, 1.165) is 22.6 Å². The molecule has 0 spiro atoms. The Morgan fingerprint density at radius 2 is 1.88 bits per heavy atom. The number of hydrogen-bond donors (Lipinski definition) is 1. The largest absolute Gasteiger partial charge is 0.497 e. The summed E-state index contributed by atoms with van der Waals surface area (Å²) in [5.74, 6) is 1.23. The van der Waals surface area contributed by atoms with Crippen LogP contribution < -0.4 is 10.2 Å². The van der Waals surface area contributed by atoms with Gasteiger partial charge in [0.15, 0.2) is 11.0 Å². The van der Waals surface area contributed by atoms with Gasteiger partial charge >= 0.3 is 0 Å². The third kappa shape index (κ3) is 5.62. The highest BCUT2D eigenvalue weighted by atomic mass is 35.5. The summed E-state index contributed by atoms with van der Waals surface area (Å²) in [6, 6.07) is 18.6. The molecule has 0 saturated carbocycles. The molecule has 172 valence electrons. The molecule has 8 nitrogen and oxygen atoms in total. The average Bonchev–Trinajstić information content (AvgIpc) is 3.31. The highest BCUT2D eigenvalue weighted by Crippen LogP contribution is 2.29. The van der Waals surface area contributed by atoms with E-state index in [1.54, 1.807) is 31.6 Å². The smallest absolute Gasteiger partial charge is 0.250 e. The fraction of sp³-hybridized carbons (Fsp3) is 0.125. The van der Waals surface area contributed by atoms with E-state index < -0.39 is 0 Å². The predicted octanol–water partition coefficient (Wildman–Crippen LogP) is 4.62. The Morgan fingerprint density at radius 3 is 2.56 bits per heavy atom. The molecule has 2 heterocycles. The number of hydrogen-bond acceptors (Lipinski definition) is 7. The number of halogens is 1. The maximum absolute atomic E-state index is 12.4. The first-order valence-electron chi connectivity index (χ1n) is 10.3. The Morgan fingerprint density at radius 1 is 1.12 bits per heavy atom. The van der Waals surface area contributed by atoms with E-state index in [0.29, 0.717) is 21.7 Å². The van der Waals surface area contributed by atoms with Crippen molar-refractivity contribution in [1.82, 2.24) is 25.2 Å². The van der Waals surface area contributed by atoms with Gasteiger partial charge in [0, 0.05) is 34.2 Å². The molecule has 1 amide bonds. The molecule has 0 atom stereocenters. The first-order chi connectivity index (χ1) is 16.5. The van der Waals surface area contributed by atoms with Crippen molar-refractivity contribution >= 4 is 35.0 Å². The number of carbonyl (C=O) groups is 1. The number of aromatic nitrogens is 4. The second kappa shape index (κ2) is 11.0. The summed E-state index contributed by atoms with van der Waals surface area (Å²) >= 11 is 7.34. The van der Waals surface area contributed by atoms with E-state index in [4.69, 9.17) is 16.3 Å². The number of amides is 1. The molecule has 4 rings (SSSR count). The summed E-state index contributed by atoms with van der Waals surface area (Å²) in [5, 5.41) is 14.1. The molecule has 0 aliphatic rings. The first-order valence-corrected chi connectivity index (χ1v) is 11.6. The van der Waals surface area contributed by atoms with Gasteiger partial charge in [0.05, 0.1) is 18.6 Å². The topological polar surface area (TPSA) is 94.3 Å². The number of ether oxygens (including phenoxy) is 1. The maximum Gasteiger partial charge on any atom is 0.250 e. The van der Waals surface area contributed by atoms with Crippen LogP contribution in [-0.2, 0) is 4.79 Å². The SMILES string of the molecule is COc1ccc(-c2nnc(SCC(=O)N/N=C(\C)c3cccnc3)n2-c2ccc(Cl)cc2)cc1. The fourth-order valence-electron chi connectivity index (χ4n) is 3.06. The quantitative estimate of drug-likeness (QED) is 0.219. The molecule has 10 heteroatoms. The molecule has 0 bridgehead atoms. The molecule has 1 N–H and O–H groups in total. The summed E-state index contributed by atoms with van der Waals surface area (Å²) in [6.07, 6.45) is 3.37. The van der Waals surface area contributed by atoms with Crippen LogP contribution in [0.5, 0.6) is 5.75 Å². The Balaban J connectivity index is 1.54. The number of thioether (sulfide) groups is 1. The van der Waals surface area contributed by atoms with Gasteiger partial charge in [-0.25, -0.2) is 5.43 Å². The van der Waals surface area contributed by atoms with Gasteiger partial charge in [0.2, 0.25) is 0 Å². The summed E-state index contributed by atoms with van der Waals surface area (Å²) < 4.78 is 7.14. The monoisotopic (exact) mass is 492 g/mol. The maximum atomic E-state index is 12.4. The highest BCUT2D eigenvalue weighted by molar-refractivity contribution is 7.99. The summed E-state index contributed by atoms with van der Waals surface area (Å²) in [7, 11) is 1.62. The van der Waals surface area contributed by atoms with Gasteiger partial charge in [-0.1, -0.05) is 29.4 Å². The normalized spacial score (nSPS) is 11.3. The van der Waals surface area contributed by atoms with Crippen LogP contribution in [-0.4, -0.2) is 44.2 Å². The summed E-state index contributed by atoms with van der Waals surface area (Å²) in [5.41, 5.74) is 5.77. The van der Waals surface area contributed by atoms with E-state index in [1.165, 1.54) is 11.8 Å². The molecule has 0 radical (unpaired) electrons. The van der Waals surface area contributed by atoms with Gasteiger partial charge in [-0.15, -0.1) is 10.2 Å². The number of nitrogens with zero attached hydrogens (tertiary/aromatic N) is 5. The number of benzene rings is 2. The van der Waals surface area contributed by atoms with Crippen LogP contribution in [0.3, 0.4) is 0 Å². The van der Waals surface area contributed by atoms with Crippen LogP contribution in [0.25, 0.3) is 17.1 Å². The second-order valence-electron chi connectivity index (χ2n) is 7.11. The molecule has 0 aliphatic carbocycles. The number of pyridine rings is 1. The van der Waals surface area contributed by atoms with E-state index in [2.05, 4.69) is 25.7 Å². The number of rotatable bonds is 8. The lowest BCUT2D eigenvalue weighted by Gasteiger charge is -2.11. The van der Waals surface area contributed by atoms with E-state index in [-0.39, 0.29) is 11.7 Å². The summed E-state index contributed by atoms with van der Waals surface area (Å²) in [4.78, 5) is 16.5. The summed E-state index contributed by atoms with van der Waals surface area (Å²) in [6.45, 7) is 1.81. The molecule has 2 aromatic carbocycles. The van der Waals surface area contributed by atoms with Crippen molar-refractivity contribution in [3.8, 4) is 22.8 Å². The second-order valence-corrected chi connectivity index (χ2v) is 8.49. The Hall–Kier alpha value is -3.69. The van der Waals surface area contributed by atoms with Crippen LogP contribution in [0.4, 0.5) is 0 Å². The minimum Gasteiger partial charge on any atom is -0.497 e. The minimum absolute atomic E-state index is 0.109. The van der Waals surface area contributed by atoms with Crippen molar-refractivity contribution in [3.63, 3.8) is 0 Å². The van der Waals surface area contributed by atoms with Crippen LogP contribution >= 0.6 is 23.4 Å². The molecule has 0 fully saturated rings. The van der Waals surface area contributed by atoms with E-state index in [1.807, 2.05) is 60.0 Å². The third-order valence-corrected chi connectivity index (χ3v) is 6.01. The molecule has 2 aromatic heterocycles. The number of methoxy groups -OCH3 is 1. The molecule has 4 aromatic rings. The average molecular weight is 493 g/mol. The zero-order valence-corrected chi connectivity index (χ0v) is 20.0. The zero-order chi connectivity index (χ0) is 23.9. The van der Waals surface area contributed by atoms with Gasteiger partial charge in [0.25, 0.3) is 5.91 Å². The molecular formula is C24H21ClN6O2S. The Labute approximate surface area is 206 Å². The lowest BCUT2D eigenvalue weighted by atomic mass is 10.2. The third-order valence-electron chi connectivity index (χ3n) is 4.83. The number of carbonyl (C=O) groups excluding carboxylic acids is 1. The standard InChI is InChI=1S/C24H21ClN6O2S/c1-16(18-4-3-13-26-14-18)27-28-22(32)15-34-24-30-29-23(17-5-11-21(33-2)12-6-17)31(24)20-9-7-19(25)8-10-20/h3-14H,15H2,1-2H3,(H,28,32)/b27-16+. The lowest BCUT2D eigenvalue weighted by Crippen LogP contribution is -2.21. The van der Waals surface area contributed by atoms with Crippen molar-refractivity contribution in [3.05, 3.63) is 83.6 Å². The van der Waals surface area contributed by atoms with Crippen molar-refractivity contribution < 1.29 is 9.53 Å². The minimum atomic E-state index is -0.259. The van der Waals surface area contributed by atoms with Gasteiger partial charge < -0.3 is 4.74 Å². The Bertz CT molecular complexity index is 1290. The Kier molecular flexibility index (Phi) is 7.56. The van der Waals surface area contributed by atoms with Crippen LogP contribution in [0.15, 0.2) is 83.3 Å². The molecule has 34 heavy (non-hydrogen) atoms. The van der Waals surface area contributed by atoms with Gasteiger partial charge in [-0.3, -0.25) is 14.3 Å². The zero-order valence-electron chi connectivity index (χ0n) is 18.5. The first kappa shape index (κ1) is 23.5. The predicted molar refractivity (Wildman–Crippen MR) is 134 cm³/mol. The van der Waals surface area contributed by atoms with Gasteiger partial charge in [-0.05, 0) is 61.5 Å². The molecule has 0 saturated heterocycles. The van der Waals surface area contributed by atoms with E-state index >= 15 is 0 Å². The number of hydrazone groups is 1. The lowest BCUT2D eigenvalue weighted by molar-refractivity contribution is -0.118. The van der Waals surface area contributed by atoms with Crippen LogP contribution in [0, 0.1) is 0 Å². The highest BCUT2D eigenvalue weighted by Gasteiger charge is 2.17. The molecule has 0 aliphatic heterocycles. The van der Waals surface area contributed by atoms with E-state index in [9.17, 15) is 4.79 Å². The fourth-order valence-corrected chi connectivity index (χ4v) is 3.93. The van der Waals surface area contributed by atoms with Crippen molar-refractivity contribution in [2.75, 3.05) is 12.9 Å². The van der Waals surface area contributed by atoms with Gasteiger partial charge in [0.1, 0.15) is 5.75 Å². The molecular weight excluding hydrogens is 472 g/mol.